The third-order valence-electron chi connectivity index (χ3n) is 5.01. The number of esters is 1. The highest BCUT2D eigenvalue weighted by molar-refractivity contribution is 5.95. The van der Waals surface area contributed by atoms with Crippen molar-refractivity contribution in [1.29, 1.82) is 0 Å². The van der Waals surface area contributed by atoms with Gasteiger partial charge in [-0.25, -0.2) is 4.79 Å². The highest BCUT2D eigenvalue weighted by Crippen LogP contribution is 2.29. The molecule has 136 valence electrons. The van der Waals surface area contributed by atoms with E-state index in [4.69, 9.17) is 4.74 Å². The summed E-state index contributed by atoms with van der Waals surface area (Å²) < 4.78 is 5.14. The number of rotatable bonds is 5. The van der Waals surface area contributed by atoms with Crippen LogP contribution in [0.5, 0.6) is 0 Å². The first kappa shape index (κ1) is 18.9. The van der Waals surface area contributed by atoms with E-state index in [-0.39, 0.29) is 23.2 Å². The zero-order chi connectivity index (χ0) is 18.6. The molecule has 1 aromatic rings. The Morgan fingerprint density at radius 3 is 2.64 bits per heavy atom. The molecule has 0 aliphatic heterocycles. The van der Waals surface area contributed by atoms with Crippen LogP contribution >= 0.6 is 0 Å². The molecule has 1 fully saturated rings. The van der Waals surface area contributed by atoms with E-state index in [1.165, 1.54) is 31.2 Å². The molecule has 0 saturated heterocycles. The van der Waals surface area contributed by atoms with Crippen molar-refractivity contribution in [1.82, 2.24) is 5.32 Å². The maximum atomic E-state index is 12.3. The number of carbonyl (C=O) groups excluding carboxylic acids is 2. The third-order valence-corrected chi connectivity index (χ3v) is 5.01. The molecule has 1 saturated carbocycles. The maximum absolute atomic E-state index is 12.3. The predicted molar refractivity (Wildman–Crippen MR) is 92.1 cm³/mol. The zero-order valence-corrected chi connectivity index (χ0v) is 14.7. The van der Waals surface area contributed by atoms with Crippen LogP contribution in [-0.2, 0) is 9.53 Å². The molecule has 25 heavy (non-hydrogen) atoms. The van der Waals surface area contributed by atoms with E-state index >= 15 is 0 Å². The summed E-state index contributed by atoms with van der Waals surface area (Å²) in [4.78, 5) is 34.9. The van der Waals surface area contributed by atoms with Crippen molar-refractivity contribution >= 4 is 17.6 Å². The molecule has 1 aromatic carbocycles. The lowest BCUT2D eigenvalue weighted by Gasteiger charge is -2.35. The van der Waals surface area contributed by atoms with Gasteiger partial charge >= 0.3 is 5.97 Å². The number of para-hydroxylation sites is 1. The van der Waals surface area contributed by atoms with E-state index in [9.17, 15) is 19.7 Å². The van der Waals surface area contributed by atoms with Crippen molar-refractivity contribution in [2.45, 2.75) is 52.2 Å². The first-order valence-corrected chi connectivity index (χ1v) is 8.56. The molecule has 7 heteroatoms. The van der Waals surface area contributed by atoms with Crippen molar-refractivity contribution in [3.63, 3.8) is 0 Å². The molecule has 0 aromatic heterocycles. The molecule has 0 bridgehead atoms. The molecule has 1 aliphatic rings. The normalized spacial score (nSPS) is 24.2. The van der Waals surface area contributed by atoms with Crippen LogP contribution in [-0.4, -0.2) is 28.9 Å². The van der Waals surface area contributed by atoms with Crippen molar-refractivity contribution < 1.29 is 19.2 Å². The predicted octanol–water partition coefficient (Wildman–Crippen LogP) is 3.08. The van der Waals surface area contributed by atoms with Crippen LogP contribution in [0, 0.1) is 22.0 Å². The van der Waals surface area contributed by atoms with Gasteiger partial charge in [0.2, 0.25) is 0 Å². The van der Waals surface area contributed by atoms with E-state index in [0.717, 1.165) is 19.3 Å². The number of nitro groups is 1. The monoisotopic (exact) mass is 348 g/mol. The topological polar surface area (TPSA) is 98.5 Å². The summed E-state index contributed by atoms with van der Waals surface area (Å²) in [6, 6.07) is 5.59. The van der Waals surface area contributed by atoms with Gasteiger partial charge in [-0.15, -0.1) is 0 Å². The molecule has 4 atom stereocenters. The average Bonchev–Trinajstić information content (AvgIpc) is 2.58. The Kier molecular flexibility index (Phi) is 6.12. The Hall–Kier alpha value is -2.44. The van der Waals surface area contributed by atoms with Crippen molar-refractivity contribution in [2.24, 2.45) is 11.8 Å². The van der Waals surface area contributed by atoms with Gasteiger partial charge in [-0.05, 0) is 31.2 Å². The fourth-order valence-electron chi connectivity index (χ4n) is 3.17. The minimum absolute atomic E-state index is 0.0588. The molecule has 0 radical (unpaired) electrons. The van der Waals surface area contributed by atoms with Gasteiger partial charge in [-0.2, -0.15) is 0 Å². The fraction of sp³-hybridized carbons (Fsp3) is 0.556. The van der Waals surface area contributed by atoms with Crippen LogP contribution in [0.3, 0.4) is 0 Å². The molecule has 0 unspecified atom stereocenters. The molecule has 7 nitrogen and oxygen atoms in total. The van der Waals surface area contributed by atoms with Crippen LogP contribution in [0.4, 0.5) is 5.69 Å². The summed E-state index contributed by atoms with van der Waals surface area (Å²) in [7, 11) is 0. The molecule has 1 aliphatic carbocycles. The Morgan fingerprint density at radius 2 is 1.96 bits per heavy atom. The molecular weight excluding hydrogens is 324 g/mol. The number of carbonyl (C=O) groups is 2. The summed E-state index contributed by atoms with van der Waals surface area (Å²) >= 11 is 0. The Labute approximate surface area is 146 Å². The zero-order valence-electron chi connectivity index (χ0n) is 14.7. The van der Waals surface area contributed by atoms with E-state index in [0.29, 0.717) is 11.8 Å². The number of hydrogen-bond donors (Lipinski definition) is 1. The van der Waals surface area contributed by atoms with Crippen LogP contribution in [0.1, 0.15) is 50.4 Å². The van der Waals surface area contributed by atoms with Crippen LogP contribution < -0.4 is 5.32 Å². The smallest absolute Gasteiger partial charge is 0.345 e. The number of nitro benzene ring substituents is 1. The summed E-state index contributed by atoms with van der Waals surface area (Å²) in [5.41, 5.74) is -0.498. The molecule has 1 amide bonds. The molecule has 1 N–H and O–H groups in total. The standard InChI is InChI=1S/C18H24N2O5/c1-11-7-6-9-15(12(11)2)19-17(21)13(3)25-18(22)14-8-4-5-10-16(14)20(23)24/h4-5,8,10-13,15H,6-7,9H2,1-3H3,(H,19,21)/t11-,12+,13-,15+/m0/s1. The molecular formula is C18H24N2O5. The van der Waals surface area contributed by atoms with Gasteiger partial charge in [0, 0.05) is 12.1 Å². The number of nitrogens with zero attached hydrogens (tertiary/aromatic N) is 1. The van der Waals surface area contributed by atoms with Gasteiger partial charge in [0.15, 0.2) is 6.10 Å². The van der Waals surface area contributed by atoms with E-state index < -0.39 is 17.0 Å². The SMILES string of the molecule is C[C@@H]1[C@@H](C)CCC[C@H]1NC(=O)[C@H](C)OC(=O)c1ccccc1[N+](=O)[O-]. The van der Waals surface area contributed by atoms with Gasteiger partial charge in [0.25, 0.3) is 11.6 Å². The average molecular weight is 348 g/mol. The van der Waals surface area contributed by atoms with E-state index in [1.54, 1.807) is 0 Å². The van der Waals surface area contributed by atoms with Crippen LogP contribution in [0.2, 0.25) is 0 Å². The summed E-state index contributed by atoms with van der Waals surface area (Å²) in [6.07, 6.45) is 2.09. The molecule has 0 spiro atoms. The second-order valence-electron chi connectivity index (χ2n) is 6.70. The fourth-order valence-corrected chi connectivity index (χ4v) is 3.17. The minimum Gasteiger partial charge on any atom is -0.449 e. The first-order chi connectivity index (χ1) is 11.8. The lowest BCUT2D eigenvalue weighted by molar-refractivity contribution is -0.385. The minimum atomic E-state index is -1.02. The Balaban J connectivity index is 1.99. The lowest BCUT2D eigenvalue weighted by atomic mass is 9.78. The van der Waals surface area contributed by atoms with Crippen LogP contribution in [0.25, 0.3) is 0 Å². The number of ether oxygens (including phenoxy) is 1. The van der Waals surface area contributed by atoms with Crippen molar-refractivity contribution in [2.75, 3.05) is 0 Å². The first-order valence-electron chi connectivity index (χ1n) is 8.56. The number of benzene rings is 1. The van der Waals surface area contributed by atoms with Gasteiger partial charge in [0.05, 0.1) is 4.92 Å². The third kappa shape index (κ3) is 4.55. The summed E-state index contributed by atoms with van der Waals surface area (Å²) in [5.74, 6) is -0.363. The quantitative estimate of drug-likeness (QED) is 0.501. The lowest BCUT2D eigenvalue weighted by Crippen LogP contribution is -2.47. The van der Waals surface area contributed by atoms with Crippen molar-refractivity contribution in [3.05, 3.63) is 39.9 Å². The summed E-state index contributed by atoms with van der Waals surface area (Å²) in [6.45, 7) is 5.75. The number of nitrogens with one attached hydrogen (secondary N) is 1. The van der Waals surface area contributed by atoms with E-state index in [1.807, 2.05) is 0 Å². The van der Waals surface area contributed by atoms with Gasteiger partial charge in [-0.1, -0.05) is 38.8 Å². The van der Waals surface area contributed by atoms with Gasteiger partial charge in [-0.3, -0.25) is 14.9 Å². The number of hydrogen-bond acceptors (Lipinski definition) is 5. The summed E-state index contributed by atoms with van der Waals surface area (Å²) in [5, 5.41) is 13.9. The number of amides is 1. The highest BCUT2D eigenvalue weighted by atomic mass is 16.6. The molecule has 2 rings (SSSR count). The second kappa shape index (κ2) is 8.09. The van der Waals surface area contributed by atoms with Crippen molar-refractivity contribution in [3.8, 4) is 0 Å². The van der Waals surface area contributed by atoms with Gasteiger partial charge in [0.1, 0.15) is 5.56 Å². The van der Waals surface area contributed by atoms with Crippen LogP contribution in [0.15, 0.2) is 24.3 Å². The largest absolute Gasteiger partial charge is 0.449 e. The maximum Gasteiger partial charge on any atom is 0.345 e. The second-order valence-corrected chi connectivity index (χ2v) is 6.70. The van der Waals surface area contributed by atoms with E-state index in [2.05, 4.69) is 19.2 Å². The van der Waals surface area contributed by atoms with Gasteiger partial charge < -0.3 is 10.1 Å². The highest BCUT2D eigenvalue weighted by Gasteiger charge is 2.31. The Bertz CT molecular complexity index is 661. The Morgan fingerprint density at radius 1 is 1.28 bits per heavy atom. The molecule has 0 heterocycles.